The van der Waals surface area contributed by atoms with Crippen molar-refractivity contribution in [2.75, 3.05) is 0 Å². The van der Waals surface area contributed by atoms with Gasteiger partial charge in [-0.1, -0.05) is 24.3 Å². The maximum Gasteiger partial charge on any atom is 0.138 e. The van der Waals surface area contributed by atoms with Crippen LogP contribution in [0.1, 0.15) is 11.3 Å². The average Bonchev–Trinajstić information content (AvgIpc) is 2.53. The molecule has 2 heterocycles. The summed E-state index contributed by atoms with van der Waals surface area (Å²) in [5.41, 5.74) is 8.40. The largest absolute Gasteiger partial charge is 0.487 e. The number of pyridine rings is 2. The predicted molar refractivity (Wildman–Crippen MR) is 78.2 cm³/mol. The Morgan fingerprint density at radius 1 is 1.00 bits per heavy atom. The van der Waals surface area contributed by atoms with Gasteiger partial charge in [-0.25, -0.2) is 0 Å². The Hall–Kier alpha value is -2.46. The molecule has 0 atom stereocenters. The summed E-state index contributed by atoms with van der Waals surface area (Å²) >= 11 is 0. The summed E-state index contributed by atoms with van der Waals surface area (Å²) in [6, 6.07) is 13.8. The van der Waals surface area contributed by atoms with Crippen LogP contribution in [-0.2, 0) is 13.2 Å². The van der Waals surface area contributed by atoms with Gasteiger partial charge < -0.3 is 10.5 Å². The van der Waals surface area contributed by atoms with Crippen molar-refractivity contribution < 1.29 is 4.74 Å². The monoisotopic (exact) mass is 265 g/mol. The molecule has 0 saturated carbocycles. The summed E-state index contributed by atoms with van der Waals surface area (Å²) < 4.78 is 5.76. The highest BCUT2D eigenvalue weighted by molar-refractivity contribution is 5.81. The van der Waals surface area contributed by atoms with E-state index in [2.05, 4.69) is 9.97 Å². The highest BCUT2D eigenvalue weighted by atomic mass is 16.5. The maximum atomic E-state index is 5.76. The minimum Gasteiger partial charge on any atom is -0.487 e. The molecule has 2 N–H and O–H groups in total. The van der Waals surface area contributed by atoms with E-state index in [0.29, 0.717) is 13.2 Å². The van der Waals surface area contributed by atoms with Crippen molar-refractivity contribution in [3.05, 3.63) is 66.1 Å². The number of rotatable bonds is 4. The van der Waals surface area contributed by atoms with Gasteiger partial charge >= 0.3 is 0 Å². The van der Waals surface area contributed by atoms with Crippen molar-refractivity contribution in [1.82, 2.24) is 9.97 Å². The number of fused-ring (bicyclic) bond motifs is 1. The number of hydrogen-bond acceptors (Lipinski definition) is 4. The van der Waals surface area contributed by atoms with E-state index in [1.807, 2.05) is 42.5 Å². The molecule has 0 aliphatic carbocycles. The lowest BCUT2D eigenvalue weighted by atomic mass is 10.1. The molecule has 0 fully saturated rings. The molecule has 4 heteroatoms. The number of nitrogens with zero attached hydrogens (tertiary/aromatic N) is 2. The fourth-order valence-corrected chi connectivity index (χ4v) is 2.06. The molecule has 0 aliphatic heterocycles. The van der Waals surface area contributed by atoms with E-state index < -0.39 is 0 Å². The fraction of sp³-hybridized carbons (Fsp3) is 0.125. The van der Waals surface area contributed by atoms with Gasteiger partial charge in [-0.3, -0.25) is 9.97 Å². The molecule has 0 saturated heterocycles. The van der Waals surface area contributed by atoms with Crippen molar-refractivity contribution in [3.63, 3.8) is 0 Å². The van der Waals surface area contributed by atoms with Crippen molar-refractivity contribution in [1.29, 1.82) is 0 Å². The van der Waals surface area contributed by atoms with E-state index in [0.717, 1.165) is 27.9 Å². The highest BCUT2D eigenvalue weighted by Gasteiger charge is 2.03. The van der Waals surface area contributed by atoms with Gasteiger partial charge in [0.05, 0.1) is 17.4 Å². The van der Waals surface area contributed by atoms with Crippen LogP contribution in [0.3, 0.4) is 0 Å². The van der Waals surface area contributed by atoms with E-state index >= 15 is 0 Å². The SMILES string of the molecule is NCc1ccc(OCc2cccc3cccnc23)cn1. The molecule has 0 aliphatic rings. The van der Waals surface area contributed by atoms with Crippen molar-refractivity contribution in [3.8, 4) is 5.75 Å². The van der Waals surface area contributed by atoms with Gasteiger partial charge in [0, 0.05) is 23.7 Å². The quantitative estimate of drug-likeness (QED) is 0.787. The van der Waals surface area contributed by atoms with Crippen molar-refractivity contribution in [2.45, 2.75) is 13.2 Å². The first kappa shape index (κ1) is 12.6. The molecule has 2 aromatic heterocycles. The van der Waals surface area contributed by atoms with Gasteiger partial charge in [-0.2, -0.15) is 0 Å². The number of ether oxygens (including phenoxy) is 1. The van der Waals surface area contributed by atoms with Crippen LogP contribution in [-0.4, -0.2) is 9.97 Å². The zero-order valence-corrected chi connectivity index (χ0v) is 11.0. The standard InChI is InChI=1S/C16H15N3O/c17-9-14-6-7-15(10-19-14)20-11-13-4-1-3-12-5-2-8-18-16(12)13/h1-8,10H,9,11,17H2. The first-order valence-electron chi connectivity index (χ1n) is 6.47. The molecule has 0 radical (unpaired) electrons. The minimum atomic E-state index is 0.438. The lowest BCUT2D eigenvalue weighted by Crippen LogP contribution is -2.01. The van der Waals surface area contributed by atoms with E-state index in [9.17, 15) is 0 Å². The lowest BCUT2D eigenvalue weighted by Gasteiger charge is -2.08. The Bertz CT molecular complexity index is 705. The van der Waals surface area contributed by atoms with Crippen molar-refractivity contribution in [2.24, 2.45) is 5.73 Å². The predicted octanol–water partition coefficient (Wildman–Crippen LogP) is 2.67. The van der Waals surface area contributed by atoms with Crippen LogP contribution in [0.15, 0.2) is 54.9 Å². The molecular weight excluding hydrogens is 250 g/mol. The summed E-state index contributed by atoms with van der Waals surface area (Å²) in [7, 11) is 0. The third kappa shape index (κ3) is 2.60. The highest BCUT2D eigenvalue weighted by Crippen LogP contribution is 2.18. The average molecular weight is 265 g/mol. The Balaban J connectivity index is 1.79. The first-order valence-corrected chi connectivity index (χ1v) is 6.47. The third-order valence-electron chi connectivity index (χ3n) is 3.12. The Kier molecular flexibility index (Phi) is 3.56. The second-order valence-corrected chi connectivity index (χ2v) is 4.47. The molecule has 0 spiro atoms. The number of benzene rings is 1. The molecule has 100 valence electrons. The van der Waals surface area contributed by atoms with E-state index in [1.165, 1.54) is 0 Å². The summed E-state index contributed by atoms with van der Waals surface area (Å²) in [5, 5.41) is 1.12. The van der Waals surface area contributed by atoms with E-state index in [-0.39, 0.29) is 0 Å². The zero-order chi connectivity index (χ0) is 13.8. The molecule has 0 bridgehead atoms. The number of aromatic nitrogens is 2. The van der Waals surface area contributed by atoms with Crippen LogP contribution < -0.4 is 10.5 Å². The lowest BCUT2D eigenvalue weighted by molar-refractivity contribution is 0.306. The summed E-state index contributed by atoms with van der Waals surface area (Å²) in [6.45, 7) is 0.908. The number of nitrogens with two attached hydrogens (primary N) is 1. The molecule has 0 amide bonds. The second kappa shape index (κ2) is 5.67. The Morgan fingerprint density at radius 3 is 2.70 bits per heavy atom. The van der Waals surface area contributed by atoms with Gasteiger partial charge in [0.15, 0.2) is 0 Å². The second-order valence-electron chi connectivity index (χ2n) is 4.47. The zero-order valence-electron chi connectivity index (χ0n) is 11.0. The van der Waals surface area contributed by atoms with Gasteiger partial charge in [0.1, 0.15) is 12.4 Å². The van der Waals surface area contributed by atoms with Crippen LogP contribution in [0.5, 0.6) is 5.75 Å². The summed E-state index contributed by atoms with van der Waals surface area (Å²) in [6.07, 6.45) is 3.49. The van der Waals surface area contributed by atoms with Crippen LogP contribution >= 0.6 is 0 Å². The third-order valence-corrected chi connectivity index (χ3v) is 3.12. The molecule has 3 rings (SSSR count). The van der Waals surface area contributed by atoms with Crippen LogP contribution in [0.4, 0.5) is 0 Å². The topological polar surface area (TPSA) is 61.0 Å². The van der Waals surface area contributed by atoms with Gasteiger partial charge in [0.25, 0.3) is 0 Å². The fourth-order valence-electron chi connectivity index (χ4n) is 2.06. The van der Waals surface area contributed by atoms with Crippen LogP contribution in [0, 0.1) is 0 Å². The normalized spacial score (nSPS) is 10.7. The molecule has 20 heavy (non-hydrogen) atoms. The van der Waals surface area contributed by atoms with Crippen molar-refractivity contribution >= 4 is 10.9 Å². The molecular formula is C16H15N3O. The maximum absolute atomic E-state index is 5.76. The van der Waals surface area contributed by atoms with Gasteiger partial charge in [0.2, 0.25) is 0 Å². The number of para-hydroxylation sites is 1. The number of hydrogen-bond donors (Lipinski definition) is 1. The molecule has 4 nitrogen and oxygen atoms in total. The van der Waals surface area contributed by atoms with E-state index in [4.69, 9.17) is 10.5 Å². The minimum absolute atomic E-state index is 0.438. The van der Waals surface area contributed by atoms with Gasteiger partial charge in [-0.15, -0.1) is 0 Å². The smallest absolute Gasteiger partial charge is 0.138 e. The first-order chi connectivity index (χ1) is 9.86. The summed E-state index contributed by atoms with van der Waals surface area (Å²) in [4.78, 5) is 8.61. The van der Waals surface area contributed by atoms with Gasteiger partial charge in [-0.05, 0) is 18.2 Å². The Labute approximate surface area is 117 Å². The molecule has 3 aromatic rings. The molecule has 1 aromatic carbocycles. The Morgan fingerprint density at radius 2 is 1.90 bits per heavy atom. The van der Waals surface area contributed by atoms with E-state index in [1.54, 1.807) is 12.4 Å². The summed E-state index contributed by atoms with van der Waals surface area (Å²) in [5.74, 6) is 0.732. The van der Waals surface area contributed by atoms with Crippen LogP contribution in [0.2, 0.25) is 0 Å². The van der Waals surface area contributed by atoms with Crippen LogP contribution in [0.25, 0.3) is 10.9 Å². The molecule has 0 unspecified atom stereocenters.